The number of aromatic nitrogens is 1. The fourth-order valence-electron chi connectivity index (χ4n) is 3.30. The molecule has 3 nitrogen and oxygen atoms in total. The van der Waals surface area contributed by atoms with E-state index in [4.69, 9.17) is 5.73 Å². The Morgan fingerprint density at radius 2 is 2.20 bits per heavy atom. The van der Waals surface area contributed by atoms with E-state index in [2.05, 4.69) is 56.5 Å². The van der Waals surface area contributed by atoms with Gasteiger partial charge in [0.2, 0.25) is 0 Å². The molecule has 1 aromatic rings. The van der Waals surface area contributed by atoms with E-state index in [1.807, 2.05) is 0 Å². The molecule has 0 saturated carbocycles. The first kappa shape index (κ1) is 15.6. The van der Waals surface area contributed by atoms with Crippen LogP contribution in [0.3, 0.4) is 0 Å². The van der Waals surface area contributed by atoms with Crippen molar-refractivity contribution in [3.8, 4) is 0 Å². The van der Waals surface area contributed by atoms with E-state index < -0.39 is 0 Å². The van der Waals surface area contributed by atoms with Crippen LogP contribution in [-0.2, 0) is 13.0 Å². The average molecular weight is 277 g/mol. The number of rotatable bonds is 5. The number of nitrogens with zero attached hydrogens (tertiary/aromatic N) is 2. The van der Waals surface area contributed by atoms with Crippen LogP contribution in [0.2, 0.25) is 0 Å². The summed E-state index contributed by atoms with van der Waals surface area (Å²) in [6.45, 7) is 11.4. The SMILES string of the molecule is CCC(C)N(C)CCn1ccc2c1CC(C)(C)CC2N. The molecule has 1 aromatic heterocycles. The second kappa shape index (κ2) is 5.90. The van der Waals surface area contributed by atoms with Gasteiger partial charge in [0.1, 0.15) is 0 Å². The third kappa shape index (κ3) is 3.26. The Bertz CT molecular complexity index is 447. The lowest BCUT2D eigenvalue weighted by Gasteiger charge is -2.35. The zero-order chi connectivity index (χ0) is 14.9. The lowest BCUT2D eigenvalue weighted by atomic mass is 9.74. The van der Waals surface area contributed by atoms with Crippen LogP contribution in [0.1, 0.15) is 57.8 Å². The smallest absolute Gasteiger partial charge is 0.0350 e. The van der Waals surface area contributed by atoms with Crippen molar-refractivity contribution >= 4 is 0 Å². The van der Waals surface area contributed by atoms with Crippen molar-refractivity contribution < 1.29 is 0 Å². The van der Waals surface area contributed by atoms with Gasteiger partial charge < -0.3 is 15.2 Å². The molecule has 20 heavy (non-hydrogen) atoms. The molecule has 2 N–H and O–H groups in total. The molecule has 2 unspecified atom stereocenters. The van der Waals surface area contributed by atoms with Gasteiger partial charge in [-0.1, -0.05) is 20.8 Å². The van der Waals surface area contributed by atoms with Crippen LogP contribution in [0.15, 0.2) is 12.3 Å². The van der Waals surface area contributed by atoms with Crippen molar-refractivity contribution in [2.45, 2.75) is 65.6 Å². The minimum atomic E-state index is 0.210. The molecule has 2 rings (SSSR count). The minimum absolute atomic E-state index is 0.210. The maximum Gasteiger partial charge on any atom is 0.0350 e. The normalized spacial score (nSPS) is 22.9. The number of nitrogens with two attached hydrogens (primary N) is 1. The fraction of sp³-hybridized carbons (Fsp3) is 0.765. The first-order chi connectivity index (χ1) is 9.34. The van der Waals surface area contributed by atoms with Crippen LogP contribution in [0.25, 0.3) is 0 Å². The minimum Gasteiger partial charge on any atom is -0.350 e. The van der Waals surface area contributed by atoms with Crippen molar-refractivity contribution in [2.24, 2.45) is 11.1 Å². The molecule has 0 radical (unpaired) electrons. The Morgan fingerprint density at radius 1 is 1.50 bits per heavy atom. The average Bonchev–Trinajstić information content (AvgIpc) is 2.76. The summed E-state index contributed by atoms with van der Waals surface area (Å²) in [5.41, 5.74) is 9.50. The lowest BCUT2D eigenvalue weighted by Crippen LogP contribution is -2.33. The summed E-state index contributed by atoms with van der Waals surface area (Å²) in [5.74, 6) is 0. The topological polar surface area (TPSA) is 34.2 Å². The Labute approximate surface area is 124 Å². The molecular weight excluding hydrogens is 246 g/mol. The Balaban J connectivity index is 2.08. The third-order valence-corrected chi connectivity index (χ3v) is 4.97. The van der Waals surface area contributed by atoms with Gasteiger partial charge in [-0.3, -0.25) is 0 Å². The van der Waals surface area contributed by atoms with Crippen LogP contribution in [0.4, 0.5) is 0 Å². The highest BCUT2D eigenvalue weighted by atomic mass is 15.1. The second-order valence-corrected chi connectivity index (χ2v) is 7.30. The standard InChI is InChI=1S/C17H31N3/c1-6-13(2)19(5)9-10-20-8-7-14-15(18)11-17(3,4)12-16(14)20/h7-8,13,15H,6,9-12,18H2,1-5H3. The van der Waals surface area contributed by atoms with E-state index in [9.17, 15) is 0 Å². The predicted octanol–water partition coefficient (Wildman–Crippen LogP) is 3.19. The lowest BCUT2D eigenvalue weighted by molar-refractivity contribution is 0.236. The first-order valence-electron chi connectivity index (χ1n) is 7.98. The summed E-state index contributed by atoms with van der Waals surface area (Å²) in [5, 5.41) is 0. The molecule has 0 fully saturated rings. The predicted molar refractivity (Wildman–Crippen MR) is 85.8 cm³/mol. The Kier molecular flexibility index (Phi) is 4.60. The van der Waals surface area contributed by atoms with E-state index in [0.29, 0.717) is 11.5 Å². The molecule has 0 bridgehead atoms. The number of fused-ring (bicyclic) bond motifs is 1. The van der Waals surface area contributed by atoms with Gasteiger partial charge in [0.05, 0.1) is 0 Å². The Morgan fingerprint density at radius 3 is 2.85 bits per heavy atom. The molecule has 114 valence electrons. The molecule has 0 saturated heterocycles. The molecule has 0 amide bonds. The Hall–Kier alpha value is -0.800. The number of hydrogen-bond acceptors (Lipinski definition) is 2. The maximum atomic E-state index is 6.34. The van der Waals surface area contributed by atoms with Gasteiger partial charge in [-0.05, 0) is 50.3 Å². The van der Waals surface area contributed by atoms with Crippen molar-refractivity contribution in [3.05, 3.63) is 23.5 Å². The van der Waals surface area contributed by atoms with Crippen molar-refractivity contribution in [2.75, 3.05) is 13.6 Å². The van der Waals surface area contributed by atoms with Crippen LogP contribution in [0, 0.1) is 5.41 Å². The van der Waals surface area contributed by atoms with Crippen LogP contribution < -0.4 is 5.73 Å². The van der Waals surface area contributed by atoms with E-state index in [1.165, 1.54) is 17.7 Å². The number of hydrogen-bond donors (Lipinski definition) is 1. The first-order valence-corrected chi connectivity index (χ1v) is 7.98. The molecule has 1 aliphatic rings. The summed E-state index contributed by atoms with van der Waals surface area (Å²) < 4.78 is 2.43. The quantitative estimate of drug-likeness (QED) is 0.897. The molecule has 1 aliphatic carbocycles. The zero-order valence-electron chi connectivity index (χ0n) is 13.8. The van der Waals surface area contributed by atoms with E-state index >= 15 is 0 Å². The van der Waals surface area contributed by atoms with Crippen LogP contribution in [0.5, 0.6) is 0 Å². The van der Waals surface area contributed by atoms with Gasteiger partial charge >= 0.3 is 0 Å². The molecule has 3 heteroatoms. The second-order valence-electron chi connectivity index (χ2n) is 7.30. The van der Waals surface area contributed by atoms with Gasteiger partial charge in [-0.25, -0.2) is 0 Å². The zero-order valence-corrected chi connectivity index (χ0v) is 13.8. The van der Waals surface area contributed by atoms with Gasteiger partial charge in [0, 0.05) is 37.1 Å². The van der Waals surface area contributed by atoms with Crippen LogP contribution >= 0.6 is 0 Å². The van der Waals surface area contributed by atoms with Crippen molar-refractivity contribution in [3.63, 3.8) is 0 Å². The van der Waals surface area contributed by atoms with Crippen LogP contribution in [-0.4, -0.2) is 29.1 Å². The van der Waals surface area contributed by atoms with Crippen molar-refractivity contribution in [1.29, 1.82) is 0 Å². The third-order valence-electron chi connectivity index (χ3n) is 4.97. The molecule has 0 spiro atoms. The van der Waals surface area contributed by atoms with Gasteiger partial charge in [0.25, 0.3) is 0 Å². The largest absolute Gasteiger partial charge is 0.350 e. The van der Waals surface area contributed by atoms with Crippen molar-refractivity contribution in [1.82, 2.24) is 9.47 Å². The van der Waals surface area contributed by atoms with E-state index in [0.717, 1.165) is 25.9 Å². The summed E-state index contributed by atoms with van der Waals surface area (Å²) in [6, 6.07) is 3.10. The summed E-state index contributed by atoms with van der Waals surface area (Å²) in [6.07, 6.45) is 5.68. The maximum absolute atomic E-state index is 6.34. The van der Waals surface area contributed by atoms with E-state index in [1.54, 1.807) is 0 Å². The van der Waals surface area contributed by atoms with Gasteiger partial charge in [0.15, 0.2) is 0 Å². The molecule has 0 aromatic carbocycles. The summed E-state index contributed by atoms with van der Waals surface area (Å²) >= 11 is 0. The van der Waals surface area contributed by atoms with Gasteiger partial charge in [-0.15, -0.1) is 0 Å². The fourth-order valence-corrected chi connectivity index (χ4v) is 3.30. The summed E-state index contributed by atoms with van der Waals surface area (Å²) in [7, 11) is 2.22. The molecule has 0 aliphatic heterocycles. The molecule has 1 heterocycles. The van der Waals surface area contributed by atoms with E-state index in [-0.39, 0.29) is 6.04 Å². The highest BCUT2D eigenvalue weighted by Gasteiger charge is 2.32. The summed E-state index contributed by atoms with van der Waals surface area (Å²) in [4.78, 5) is 2.44. The highest BCUT2D eigenvalue weighted by Crippen LogP contribution is 2.39. The number of likely N-dealkylation sites (N-methyl/N-ethyl adjacent to an activating group) is 1. The van der Waals surface area contributed by atoms with Gasteiger partial charge in [-0.2, -0.15) is 0 Å². The highest BCUT2D eigenvalue weighted by molar-refractivity contribution is 5.30. The molecular formula is C17H31N3. The molecule has 2 atom stereocenters. The monoisotopic (exact) mass is 277 g/mol.